The highest BCUT2D eigenvalue weighted by Crippen LogP contribution is 2.33. The van der Waals surface area contributed by atoms with Gasteiger partial charge in [-0.15, -0.1) is 0 Å². The molecule has 0 radical (unpaired) electrons. The fourth-order valence-corrected chi connectivity index (χ4v) is 3.35. The number of benzene rings is 3. The maximum atomic E-state index is 11.1. The van der Waals surface area contributed by atoms with Gasteiger partial charge in [-0.05, 0) is 37.3 Å². The van der Waals surface area contributed by atoms with Gasteiger partial charge in [0.15, 0.2) is 11.5 Å². The Morgan fingerprint density at radius 3 is 2.43 bits per heavy atom. The van der Waals surface area contributed by atoms with Gasteiger partial charge in [0.05, 0.1) is 17.2 Å². The minimum absolute atomic E-state index is 0.0596. The van der Waals surface area contributed by atoms with Gasteiger partial charge in [0, 0.05) is 28.4 Å². The molecule has 0 saturated heterocycles. The second-order valence-electron chi connectivity index (χ2n) is 6.41. The molecule has 0 bridgehead atoms. The van der Waals surface area contributed by atoms with Gasteiger partial charge in [-0.3, -0.25) is 0 Å². The standard InChI is InChI=1S/C23H21Cl2NO4/c1-2-29-21-9-5-7-15(22(21)30-14-16-6-3-4-8-19(16)24)13-26-17-10-11-18(23(27)28)20(25)12-17/h3-12,26H,2,13-14H2,1H3,(H,27,28). The van der Waals surface area contributed by atoms with Crippen LogP contribution in [0, 0.1) is 0 Å². The monoisotopic (exact) mass is 445 g/mol. The van der Waals surface area contributed by atoms with Crippen molar-refractivity contribution in [3.8, 4) is 11.5 Å². The summed E-state index contributed by atoms with van der Waals surface area (Å²) >= 11 is 12.3. The zero-order valence-corrected chi connectivity index (χ0v) is 17.8. The van der Waals surface area contributed by atoms with E-state index in [1.807, 2.05) is 49.4 Å². The Hall–Kier alpha value is -2.89. The molecular formula is C23H21Cl2NO4. The third-order valence-corrected chi connectivity index (χ3v) is 5.05. The van der Waals surface area contributed by atoms with Crippen LogP contribution in [0.1, 0.15) is 28.4 Å². The van der Waals surface area contributed by atoms with Crippen LogP contribution in [-0.4, -0.2) is 17.7 Å². The van der Waals surface area contributed by atoms with Crippen molar-refractivity contribution in [3.63, 3.8) is 0 Å². The first-order valence-electron chi connectivity index (χ1n) is 9.37. The maximum absolute atomic E-state index is 11.1. The Bertz CT molecular complexity index is 1040. The first-order valence-corrected chi connectivity index (χ1v) is 10.1. The number of rotatable bonds is 9. The first kappa shape index (κ1) is 21.8. The molecule has 0 fully saturated rings. The summed E-state index contributed by atoms with van der Waals surface area (Å²) in [5, 5.41) is 13.2. The molecule has 0 aliphatic heterocycles. The normalized spacial score (nSPS) is 10.5. The zero-order chi connectivity index (χ0) is 21.5. The van der Waals surface area contributed by atoms with Crippen LogP contribution in [-0.2, 0) is 13.2 Å². The fraction of sp³-hybridized carbons (Fsp3) is 0.174. The lowest BCUT2D eigenvalue weighted by molar-refractivity contribution is 0.0697. The van der Waals surface area contributed by atoms with Crippen molar-refractivity contribution in [2.45, 2.75) is 20.1 Å². The van der Waals surface area contributed by atoms with Crippen LogP contribution in [0.25, 0.3) is 0 Å². The molecule has 2 N–H and O–H groups in total. The van der Waals surface area contributed by atoms with Crippen LogP contribution in [0.5, 0.6) is 11.5 Å². The SMILES string of the molecule is CCOc1cccc(CNc2ccc(C(=O)O)c(Cl)c2)c1OCc1ccccc1Cl. The second kappa shape index (κ2) is 10.2. The predicted octanol–water partition coefficient (Wildman–Crippen LogP) is 6.28. The maximum Gasteiger partial charge on any atom is 0.337 e. The molecule has 156 valence electrons. The first-order chi connectivity index (χ1) is 14.5. The van der Waals surface area contributed by atoms with Crippen molar-refractivity contribution in [3.05, 3.63) is 87.4 Å². The van der Waals surface area contributed by atoms with Crippen LogP contribution < -0.4 is 14.8 Å². The molecule has 0 heterocycles. The van der Waals surface area contributed by atoms with E-state index in [4.69, 9.17) is 37.8 Å². The number of para-hydroxylation sites is 1. The third kappa shape index (κ3) is 5.38. The number of halogens is 2. The van der Waals surface area contributed by atoms with Crippen LogP contribution >= 0.6 is 23.2 Å². The van der Waals surface area contributed by atoms with Gasteiger partial charge < -0.3 is 19.9 Å². The van der Waals surface area contributed by atoms with E-state index < -0.39 is 5.97 Å². The van der Waals surface area contributed by atoms with E-state index in [9.17, 15) is 4.79 Å². The average molecular weight is 446 g/mol. The highest BCUT2D eigenvalue weighted by Gasteiger charge is 2.13. The van der Waals surface area contributed by atoms with E-state index in [1.54, 1.807) is 12.1 Å². The lowest BCUT2D eigenvalue weighted by Crippen LogP contribution is -2.07. The number of nitrogens with one attached hydrogen (secondary N) is 1. The minimum Gasteiger partial charge on any atom is -0.490 e. The lowest BCUT2D eigenvalue weighted by Gasteiger charge is -2.17. The van der Waals surface area contributed by atoms with Gasteiger partial charge >= 0.3 is 5.97 Å². The van der Waals surface area contributed by atoms with Crippen molar-refractivity contribution < 1.29 is 19.4 Å². The molecule has 0 aromatic heterocycles. The average Bonchev–Trinajstić information content (AvgIpc) is 2.72. The van der Waals surface area contributed by atoms with E-state index in [0.717, 1.165) is 11.1 Å². The molecule has 7 heteroatoms. The highest BCUT2D eigenvalue weighted by molar-refractivity contribution is 6.33. The quantitative estimate of drug-likeness (QED) is 0.405. The predicted molar refractivity (Wildman–Crippen MR) is 119 cm³/mol. The second-order valence-corrected chi connectivity index (χ2v) is 7.23. The summed E-state index contributed by atoms with van der Waals surface area (Å²) in [5.74, 6) is 0.203. The Kier molecular flexibility index (Phi) is 7.44. The molecule has 0 atom stereocenters. The van der Waals surface area contributed by atoms with Gasteiger partial charge in [-0.2, -0.15) is 0 Å². The Labute approximate surface area is 185 Å². The molecule has 0 aliphatic rings. The zero-order valence-electron chi connectivity index (χ0n) is 16.3. The summed E-state index contributed by atoms with van der Waals surface area (Å²) in [4.78, 5) is 11.1. The summed E-state index contributed by atoms with van der Waals surface area (Å²) in [6, 6.07) is 17.9. The van der Waals surface area contributed by atoms with Gasteiger partial charge in [0.1, 0.15) is 6.61 Å². The number of hydrogen-bond donors (Lipinski definition) is 2. The Balaban J connectivity index is 1.80. The lowest BCUT2D eigenvalue weighted by atomic mass is 10.1. The van der Waals surface area contributed by atoms with E-state index in [1.165, 1.54) is 6.07 Å². The number of anilines is 1. The molecule has 0 aliphatic carbocycles. The van der Waals surface area contributed by atoms with Gasteiger partial charge in [0.2, 0.25) is 0 Å². The van der Waals surface area contributed by atoms with E-state index in [2.05, 4.69) is 5.32 Å². The molecule has 0 saturated carbocycles. The van der Waals surface area contributed by atoms with Crippen LogP contribution in [0.15, 0.2) is 60.7 Å². The van der Waals surface area contributed by atoms with Gasteiger partial charge in [-0.1, -0.05) is 53.5 Å². The molecule has 0 amide bonds. The molecule has 0 unspecified atom stereocenters. The molecule has 30 heavy (non-hydrogen) atoms. The molecule has 3 rings (SSSR count). The van der Waals surface area contributed by atoms with Crippen LogP contribution in [0.3, 0.4) is 0 Å². The smallest absolute Gasteiger partial charge is 0.337 e. The van der Waals surface area contributed by atoms with Crippen molar-refractivity contribution >= 4 is 34.9 Å². The van der Waals surface area contributed by atoms with Crippen LogP contribution in [0.4, 0.5) is 5.69 Å². The minimum atomic E-state index is -1.06. The van der Waals surface area contributed by atoms with Crippen molar-refractivity contribution in [1.82, 2.24) is 0 Å². The number of carboxylic acid groups (broad SMARTS) is 1. The van der Waals surface area contributed by atoms with Crippen molar-refractivity contribution in [2.75, 3.05) is 11.9 Å². The van der Waals surface area contributed by atoms with E-state index in [-0.39, 0.29) is 10.6 Å². The number of hydrogen-bond acceptors (Lipinski definition) is 4. The number of carbonyl (C=O) groups is 1. The van der Waals surface area contributed by atoms with Crippen molar-refractivity contribution in [2.24, 2.45) is 0 Å². The van der Waals surface area contributed by atoms with Crippen LogP contribution in [0.2, 0.25) is 10.0 Å². The summed E-state index contributed by atoms with van der Waals surface area (Å²) < 4.78 is 11.8. The van der Waals surface area contributed by atoms with Gasteiger partial charge in [-0.25, -0.2) is 4.79 Å². The molecular weight excluding hydrogens is 425 g/mol. The molecule has 3 aromatic carbocycles. The Morgan fingerprint density at radius 2 is 1.73 bits per heavy atom. The van der Waals surface area contributed by atoms with Crippen molar-refractivity contribution in [1.29, 1.82) is 0 Å². The largest absolute Gasteiger partial charge is 0.490 e. The molecule has 0 spiro atoms. The summed E-state index contributed by atoms with van der Waals surface area (Å²) in [7, 11) is 0. The number of ether oxygens (including phenoxy) is 2. The topological polar surface area (TPSA) is 67.8 Å². The highest BCUT2D eigenvalue weighted by atomic mass is 35.5. The molecule has 5 nitrogen and oxygen atoms in total. The summed E-state index contributed by atoms with van der Waals surface area (Å²) in [5.41, 5.74) is 2.51. The summed E-state index contributed by atoms with van der Waals surface area (Å²) in [6.45, 7) is 3.15. The third-order valence-electron chi connectivity index (χ3n) is 4.37. The number of aromatic carboxylic acids is 1. The summed E-state index contributed by atoms with van der Waals surface area (Å²) in [6.07, 6.45) is 0. The molecule has 3 aromatic rings. The van der Waals surface area contributed by atoms with Gasteiger partial charge in [0.25, 0.3) is 0 Å². The van der Waals surface area contributed by atoms with E-state index in [0.29, 0.717) is 42.0 Å². The fourth-order valence-electron chi connectivity index (χ4n) is 2.89. The Morgan fingerprint density at radius 1 is 0.967 bits per heavy atom. The van der Waals surface area contributed by atoms with E-state index >= 15 is 0 Å². The number of carboxylic acids is 1.